The Kier molecular flexibility index (Phi) is 8.18. The molecule has 1 heterocycles. The fourth-order valence-electron chi connectivity index (χ4n) is 3.05. The second-order valence-corrected chi connectivity index (χ2v) is 7.12. The lowest BCUT2D eigenvalue weighted by molar-refractivity contribution is 0.164. The first-order valence-corrected chi connectivity index (χ1v) is 9.16. The average molecular weight is 348 g/mol. The van der Waals surface area contributed by atoms with Crippen molar-refractivity contribution in [1.82, 2.24) is 20.4 Å². The summed E-state index contributed by atoms with van der Waals surface area (Å²) in [7, 11) is 4.18. The molecular weight excluding hydrogens is 316 g/mol. The Bertz CT molecular complexity index is 501. The summed E-state index contributed by atoms with van der Waals surface area (Å²) in [5.41, 5.74) is 1.07. The van der Waals surface area contributed by atoms with Gasteiger partial charge in [0, 0.05) is 45.2 Å². The Labute approximate surface area is 151 Å². The van der Waals surface area contributed by atoms with Crippen LogP contribution < -0.4 is 10.6 Å². The molecule has 1 saturated heterocycles. The summed E-state index contributed by atoms with van der Waals surface area (Å²) in [6.07, 6.45) is 1.94. The Morgan fingerprint density at radius 2 is 1.96 bits per heavy atom. The SMILES string of the molecule is CN(C)CCN1CCC(NC(=O)NCC(O)Cc2ccccc2)CC1. The van der Waals surface area contributed by atoms with Crippen LogP contribution in [0.1, 0.15) is 18.4 Å². The number of nitrogens with one attached hydrogen (secondary N) is 2. The van der Waals surface area contributed by atoms with E-state index in [-0.39, 0.29) is 18.6 Å². The first-order chi connectivity index (χ1) is 12.0. The highest BCUT2D eigenvalue weighted by Gasteiger charge is 2.20. The minimum absolute atomic E-state index is 0.182. The number of carbonyl (C=O) groups excluding carboxylic acids is 1. The number of aliphatic hydroxyl groups excluding tert-OH is 1. The summed E-state index contributed by atoms with van der Waals surface area (Å²) in [4.78, 5) is 16.6. The van der Waals surface area contributed by atoms with Crippen molar-refractivity contribution in [3.8, 4) is 0 Å². The smallest absolute Gasteiger partial charge is 0.315 e. The van der Waals surface area contributed by atoms with Crippen molar-refractivity contribution in [2.24, 2.45) is 0 Å². The molecular formula is C19H32N4O2. The van der Waals surface area contributed by atoms with E-state index < -0.39 is 6.10 Å². The highest BCUT2D eigenvalue weighted by molar-refractivity contribution is 5.74. The number of amides is 2. The van der Waals surface area contributed by atoms with E-state index in [1.807, 2.05) is 30.3 Å². The minimum atomic E-state index is -0.568. The summed E-state index contributed by atoms with van der Waals surface area (Å²) in [6, 6.07) is 9.86. The van der Waals surface area contributed by atoms with Gasteiger partial charge in [-0.05, 0) is 32.5 Å². The zero-order valence-corrected chi connectivity index (χ0v) is 15.4. The number of likely N-dealkylation sites (tertiary alicyclic amines) is 1. The van der Waals surface area contributed by atoms with Crippen molar-refractivity contribution >= 4 is 6.03 Å². The minimum Gasteiger partial charge on any atom is -0.391 e. The number of rotatable bonds is 8. The number of hydrogen-bond acceptors (Lipinski definition) is 4. The third-order valence-corrected chi connectivity index (χ3v) is 4.60. The molecule has 1 aliphatic heterocycles. The Morgan fingerprint density at radius 3 is 2.60 bits per heavy atom. The van der Waals surface area contributed by atoms with Crippen LogP contribution in [0.2, 0.25) is 0 Å². The van der Waals surface area contributed by atoms with Crippen LogP contribution in [-0.4, -0.2) is 79.9 Å². The molecule has 2 amide bonds. The van der Waals surface area contributed by atoms with Crippen LogP contribution in [0.15, 0.2) is 30.3 Å². The van der Waals surface area contributed by atoms with Gasteiger partial charge in [-0.3, -0.25) is 0 Å². The molecule has 1 fully saturated rings. The number of aliphatic hydroxyl groups is 1. The Morgan fingerprint density at radius 1 is 1.28 bits per heavy atom. The third-order valence-electron chi connectivity index (χ3n) is 4.60. The number of piperidine rings is 1. The molecule has 1 atom stereocenters. The van der Waals surface area contributed by atoms with Crippen LogP contribution in [0.5, 0.6) is 0 Å². The molecule has 0 aromatic heterocycles. The molecule has 0 bridgehead atoms. The van der Waals surface area contributed by atoms with Crippen molar-refractivity contribution in [3.63, 3.8) is 0 Å². The van der Waals surface area contributed by atoms with Gasteiger partial charge >= 0.3 is 6.03 Å². The van der Waals surface area contributed by atoms with Gasteiger partial charge < -0.3 is 25.5 Å². The van der Waals surface area contributed by atoms with Gasteiger partial charge in [-0.15, -0.1) is 0 Å². The number of hydrogen-bond donors (Lipinski definition) is 3. The summed E-state index contributed by atoms with van der Waals surface area (Å²) in [5.74, 6) is 0. The average Bonchev–Trinajstić information content (AvgIpc) is 2.60. The van der Waals surface area contributed by atoms with Crippen LogP contribution >= 0.6 is 0 Å². The number of nitrogens with zero attached hydrogens (tertiary/aromatic N) is 2. The lowest BCUT2D eigenvalue weighted by Gasteiger charge is -2.33. The lowest BCUT2D eigenvalue weighted by Crippen LogP contribution is -2.49. The van der Waals surface area contributed by atoms with Crippen LogP contribution in [0, 0.1) is 0 Å². The van der Waals surface area contributed by atoms with Gasteiger partial charge in [0.2, 0.25) is 0 Å². The topological polar surface area (TPSA) is 67.8 Å². The van der Waals surface area contributed by atoms with Crippen LogP contribution in [0.4, 0.5) is 4.79 Å². The lowest BCUT2D eigenvalue weighted by atomic mass is 10.1. The summed E-state index contributed by atoms with van der Waals surface area (Å²) >= 11 is 0. The van der Waals surface area contributed by atoms with Gasteiger partial charge in [-0.1, -0.05) is 30.3 Å². The van der Waals surface area contributed by atoms with Crippen molar-refractivity contribution in [2.75, 3.05) is 46.8 Å². The zero-order valence-electron chi connectivity index (χ0n) is 15.4. The van der Waals surface area contributed by atoms with E-state index in [2.05, 4.69) is 34.5 Å². The van der Waals surface area contributed by atoms with Gasteiger partial charge in [0.1, 0.15) is 0 Å². The van der Waals surface area contributed by atoms with E-state index in [9.17, 15) is 9.90 Å². The molecule has 1 aromatic carbocycles. The molecule has 1 aliphatic rings. The fraction of sp³-hybridized carbons (Fsp3) is 0.632. The van der Waals surface area contributed by atoms with Gasteiger partial charge in [0.15, 0.2) is 0 Å². The number of urea groups is 1. The largest absolute Gasteiger partial charge is 0.391 e. The zero-order chi connectivity index (χ0) is 18.1. The van der Waals surface area contributed by atoms with Crippen molar-refractivity contribution in [1.29, 1.82) is 0 Å². The van der Waals surface area contributed by atoms with Crippen molar-refractivity contribution in [2.45, 2.75) is 31.4 Å². The first kappa shape index (κ1) is 19.7. The number of likely N-dealkylation sites (N-methyl/N-ethyl adjacent to an activating group) is 1. The summed E-state index contributed by atoms with van der Waals surface area (Å²) < 4.78 is 0. The molecule has 2 rings (SSSR count). The van der Waals surface area contributed by atoms with Crippen LogP contribution in [-0.2, 0) is 6.42 Å². The standard InChI is InChI=1S/C19H32N4O2/c1-22(2)12-13-23-10-8-17(9-11-23)21-19(25)20-15-18(24)14-16-6-4-3-5-7-16/h3-7,17-18,24H,8-15H2,1-2H3,(H2,20,21,25). The van der Waals surface area contributed by atoms with Gasteiger partial charge in [0.05, 0.1) is 6.10 Å². The fourth-order valence-corrected chi connectivity index (χ4v) is 3.05. The van der Waals surface area contributed by atoms with E-state index in [1.165, 1.54) is 0 Å². The van der Waals surface area contributed by atoms with Gasteiger partial charge in [-0.2, -0.15) is 0 Å². The number of benzene rings is 1. The molecule has 6 heteroatoms. The Balaban J connectivity index is 1.59. The van der Waals surface area contributed by atoms with E-state index in [0.717, 1.165) is 44.6 Å². The van der Waals surface area contributed by atoms with Gasteiger partial charge in [0.25, 0.3) is 0 Å². The molecule has 1 aromatic rings. The van der Waals surface area contributed by atoms with E-state index in [4.69, 9.17) is 0 Å². The summed E-state index contributed by atoms with van der Waals surface area (Å²) in [5, 5.41) is 15.8. The molecule has 0 spiro atoms. The van der Waals surface area contributed by atoms with Crippen molar-refractivity contribution < 1.29 is 9.90 Å². The molecule has 25 heavy (non-hydrogen) atoms. The molecule has 0 radical (unpaired) electrons. The highest BCUT2D eigenvalue weighted by atomic mass is 16.3. The molecule has 0 saturated carbocycles. The van der Waals surface area contributed by atoms with E-state index in [1.54, 1.807) is 0 Å². The van der Waals surface area contributed by atoms with Crippen LogP contribution in [0.25, 0.3) is 0 Å². The maximum absolute atomic E-state index is 12.0. The summed E-state index contributed by atoms with van der Waals surface area (Å²) in [6.45, 7) is 4.46. The third kappa shape index (κ3) is 7.86. The normalized spacial score (nSPS) is 17.4. The maximum Gasteiger partial charge on any atom is 0.315 e. The quantitative estimate of drug-likeness (QED) is 0.653. The number of carbonyl (C=O) groups is 1. The molecule has 0 aliphatic carbocycles. The Hall–Kier alpha value is -1.63. The van der Waals surface area contributed by atoms with Gasteiger partial charge in [-0.25, -0.2) is 4.79 Å². The predicted molar refractivity (Wildman–Crippen MR) is 101 cm³/mol. The molecule has 1 unspecified atom stereocenters. The monoisotopic (exact) mass is 348 g/mol. The molecule has 140 valence electrons. The maximum atomic E-state index is 12.0. The predicted octanol–water partition coefficient (Wildman–Crippen LogP) is 0.915. The highest BCUT2D eigenvalue weighted by Crippen LogP contribution is 2.10. The molecule has 3 N–H and O–H groups in total. The second-order valence-electron chi connectivity index (χ2n) is 7.12. The first-order valence-electron chi connectivity index (χ1n) is 9.16. The van der Waals surface area contributed by atoms with E-state index in [0.29, 0.717) is 6.42 Å². The van der Waals surface area contributed by atoms with Crippen LogP contribution in [0.3, 0.4) is 0 Å². The molecule has 6 nitrogen and oxygen atoms in total. The second kappa shape index (κ2) is 10.4. The van der Waals surface area contributed by atoms with Crippen molar-refractivity contribution in [3.05, 3.63) is 35.9 Å². The van der Waals surface area contributed by atoms with E-state index >= 15 is 0 Å².